The molecule has 2 rings (SSSR count). The van der Waals surface area contributed by atoms with Crippen molar-refractivity contribution in [2.24, 2.45) is 5.92 Å². The molecule has 0 saturated carbocycles. The van der Waals surface area contributed by atoms with E-state index in [1.807, 2.05) is 12.1 Å². The summed E-state index contributed by atoms with van der Waals surface area (Å²) in [6.07, 6.45) is 0.572. The first kappa shape index (κ1) is 12.7. The van der Waals surface area contributed by atoms with Crippen molar-refractivity contribution >= 4 is 16.9 Å². The van der Waals surface area contributed by atoms with E-state index in [1.54, 1.807) is 6.92 Å². The number of aromatic nitrogens is 1. The van der Waals surface area contributed by atoms with E-state index >= 15 is 0 Å². The van der Waals surface area contributed by atoms with Gasteiger partial charge in [0.1, 0.15) is 0 Å². The zero-order chi connectivity index (χ0) is 13.3. The maximum atomic E-state index is 11.0. The van der Waals surface area contributed by atoms with Crippen molar-refractivity contribution < 1.29 is 9.90 Å². The third-order valence-corrected chi connectivity index (χ3v) is 3.28. The first-order chi connectivity index (χ1) is 8.50. The summed E-state index contributed by atoms with van der Waals surface area (Å²) in [5, 5.41) is 10.2. The SMILES string of the molecule is CC(Cc1cc2ccccc2n1C(C)C)C(=O)O. The van der Waals surface area contributed by atoms with Gasteiger partial charge in [0.05, 0.1) is 5.92 Å². The van der Waals surface area contributed by atoms with Gasteiger partial charge in [0.15, 0.2) is 0 Å². The zero-order valence-electron chi connectivity index (χ0n) is 11.1. The first-order valence-electron chi connectivity index (χ1n) is 6.32. The molecular weight excluding hydrogens is 226 g/mol. The second-order valence-corrected chi connectivity index (χ2v) is 5.10. The number of nitrogens with zero attached hydrogens (tertiary/aromatic N) is 1. The predicted molar refractivity (Wildman–Crippen MR) is 72.8 cm³/mol. The van der Waals surface area contributed by atoms with Crippen LogP contribution in [-0.2, 0) is 11.2 Å². The second kappa shape index (κ2) is 4.84. The Balaban J connectivity index is 2.49. The highest BCUT2D eigenvalue weighted by Gasteiger charge is 2.17. The van der Waals surface area contributed by atoms with Crippen LogP contribution in [0.1, 0.15) is 32.5 Å². The third-order valence-electron chi connectivity index (χ3n) is 3.28. The highest BCUT2D eigenvalue weighted by molar-refractivity contribution is 5.81. The lowest BCUT2D eigenvalue weighted by molar-refractivity contribution is -0.141. The van der Waals surface area contributed by atoms with Crippen molar-refractivity contribution in [1.29, 1.82) is 0 Å². The van der Waals surface area contributed by atoms with Crippen LogP contribution in [-0.4, -0.2) is 15.6 Å². The van der Waals surface area contributed by atoms with Gasteiger partial charge in [0.25, 0.3) is 0 Å². The number of hydrogen-bond donors (Lipinski definition) is 1. The lowest BCUT2D eigenvalue weighted by Crippen LogP contribution is -2.15. The molecule has 0 bridgehead atoms. The summed E-state index contributed by atoms with van der Waals surface area (Å²) in [5.74, 6) is -1.10. The fourth-order valence-electron chi connectivity index (χ4n) is 2.40. The summed E-state index contributed by atoms with van der Waals surface area (Å²) in [5.41, 5.74) is 2.28. The van der Waals surface area contributed by atoms with E-state index < -0.39 is 5.97 Å². The van der Waals surface area contributed by atoms with Gasteiger partial charge in [-0.25, -0.2) is 0 Å². The van der Waals surface area contributed by atoms with Crippen molar-refractivity contribution in [3.05, 3.63) is 36.0 Å². The molecule has 0 spiro atoms. The van der Waals surface area contributed by atoms with Crippen LogP contribution in [0.5, 0.6) is 0 Å². The maximum absolute atomic E-state index is 11.0. The fraction of sp³-hybridized carbons (Fsp3) is 0.400. The Labute approximate surface area is 107 Å². The Bertz CT molecular complexity index is 569. The average Bonchev–Trinajstić information content (AvgIpc) is 2.66. The van der Waals surface area contributed by atoms with E-state index in [0.29, 0.717) is 12.5 Å². The molecule has 1 heterocycles. The smallest absolute Gasteiger partial charge is 0.306 e. The molecule has 0 amide bonds. The Morgan fingerprint density at radius 2 is 1.94 bits per heavy atom. The molecule has 18 heavy (non-hydrogen) atoms. The van der Waals surface area contributed by atoms with Gasteiger partial charge in [-0.05, 0) is 31.4 Å². The van der Waals surface area contributed by atoms with Crippen LogP contribution >= 0.6 is 0 Å². The normalized spacial score (nSPS) is 13.1. The van der Waals surface area contributed by atoms with Crippen molar-refractivity contribution in [2.45, 2.75) is 33.2 Å². The Morgan fingerprint density at radius 3 is 2.56 bits per heavy atom. The van der Waals surface area contributed by atoms with E-state index in [9.17, 15) is 4.79 Å². The molecule has 2 aromatic rings. The van der Waals surface area contributed by atoms with Crippen molar-refractivity contribution in [3.8, 4) is 0 Å². The van der Waals surface area contributed by atoms with Gasteiger partial charge in [0, 0.05) is 23.7 Å². The molecule has 1 N–H and O–H groups in total. The number of para-hydroxylation sites is 1. The topological polar surface area (TPSA) is 42.2 Å². The summed E-state index contributed by atoms with van der Waals surface area (Å²) in [7, 11) is 0. The van der Waals surface area contributed by atoms with Crippen LogP contribution in [0.4, 0.5) is 0 Å². The second-order valence-electron chi connectivity index (χ2n) is 5.10. The zero-order valence-corrected chi connectivity index (χ0v) is 11.1. The molecule has 1 aromatic heterocycles. The summed E-state index contributed by atoms with van der Waals surface area (Å²) >= 11 is 0. The molecule has 0 aliphatic rings. The van der Waals surface area contributed by atoms with Gasteiger partial charge < -0.3 is 9.67 Å². The van der Waals surface area contributed by atoms with E-state index in [1.165, 1.54) is 10.9 Å². The van der Waals surface area contributed by atoms with E-state index in [4.69, 9.17) is 5.11 Å². The van der Waals surface area contributed by atoms with Crippen molar-refractivity contribution in [3.63, 3.8) is 0 Å². The summed E-state index contributed by atoms with van der Waals surface area (Å²) < 4.78 is 2.23. The fourth-order valence-corrected chi connectivity index (χ4v) is 2.40. The number of hydrogen-bond acceptors (Lipinski definition) is 1. The number of carboxylic acid groups (broad SMARTS) is 1. The summed E-state index contributed by atoms with van der Waals surface area (Å²) in [6.45, 7) is 6.01. The molecule has 3 heteroatoms. The number of benzene rings is 1. The van der Waals surface area contributed by atoms with Crippen LogP contribution < -0.4 is 0 Å². The van der Waals surface area contributed by atoms with Crippen LogP contribution in [0.2, 0.25) is 0 Å². The van der Waals surface area contributed by atoms with Crippen LogP contribution in [0, 0.1) is 5.92 Å². The molecule has 0 aliphatic heterocycles. The highest BCUT2D eigenvalue weighted by atomic mass is 16.4. The molecule has 0 fully saturated rings. The highest BCUT2D eigenvalue weighted by Crippen LogP contribution is 2.25. The van der Waals surface area contributed by atoms with Crippen molar-refractivity contribution in [1.82, 2.24) is 4.57 Å². The molecule has 1 aromatic carbocycles. The Kier molecular flexibility index (Phi) is 3.41. The maximum Gasteiger partial charge on any atom is 0.306 e. The van der Waals surface area contributed by atoms with E-state index in [2.05, 4.69) is 36.6 Å². The number of carboxylic acids is 1. The number of aliphatic carboxylic acids is 1. The predicted octanol–water partition coefficient (Wildman–Crippen LogP) is 3.49. The van der Waals surface area contributed by atoms with Gasteiger partial charge in [-0.15, -0.1) is 0 Å². The van der Waals surface area contributed by atoms with E-state index in [0.717, 1.165) is 5.69 Å². The lowest BCUT2D eigenvalue weighted by atomic mass is 10.1. The minimum absolute atomic E-state index is 0.334. The minimum Gasteiger partial charge on any atom is -0.481 e. The van der Waals surface area contributed by atoms with Gasteiger partial charge in [-0.1, -0.05) is 25.1 Å². The largest absolute Gasteiger partial charge is 0.481 e. The molecule has 0 radical (unpaired) electrons. The molecule has 3 nitrogen and oxygen atoms in total. The molecule has 1 atom stereocenters. The van der Waals surface area contributed by atoms with Crippen LogP contribution in [0.15, 0.2) is 30.3 Å². The number of rotatable bonds is 4. The van der Waals surface area contributed by atoms with E-state index in [-0.39, 0.29) is 5.92 Å². The Hall–Kier alpha value is -1.77. The average molecular weight is 245 g/mol. The van der Waals surface area contributed by atoms with Gasteiger partial charge >= 0.3 is 5.97 Å². The lowest BCUT2D eigenvalue weighted by Gasteiger charge is -2.16. The Morgan fingerprint density at radius 1 is 1.28 bits per heavy atom. The quantitative estimate of drug-likeness (QED) is 0.896. The molecule has 1 unspecified atom stereocenters. The molecule has 96 valence electrons. The third kappa shape index (κ3) is 2.26. The van der Waals surface area contributed by atoms with Gasteiger partial charge in [-0.3, -0.25) is 4.79 Å². The van der Waals surface area contributed by atoms with Crippen molar-refractivity contribution in [2.75, 3.05) is 0 Å². The van der Waals surface area contributed by atoms with Gasteiger partial charge in [-0.2, -0.15) is 0 Å². The summed E-state index contributed by atoms with van der Waals surface area (Å²) in [4.78, 5) is 11.0. The van der Waals surface area contributed by atoms with Crippen LogP contribution in [0.25, 0.3) is 10.9 Å². The first-order valence-corrected chi connectivity index (χ1v) is 6.32. The number of fused-ring (bicyclic) bond motifs is 1. The van der Waals surface area contributed by atoms with Crippen LogP contribution in [0.3, 0.4) is 0 Å². The summed E-state index contributed by atoms with van der Waals surface area (Å²) in [6, 6.07) is 10.6. The molecule has 0 saturated heterocycles. The monoisotopic (exact) mass is 245 g/mol. The minimum atomic E-state index is -0.740. The standard InChI is InChI=1S/C15H19NO2/c1-10(2)16-13(8-11(3)15(17)18)9-12-6-4-5-7-14(12)16/h4-7,9-11H,8H2,1-3H3,(H,17,18). The number of carbonyl (C=O) groups is 1. The molecule has 0 aliphatic carbocycles. The van der Waals surface area contributed by atoms with Gasteiger partial charge in [0.2, 0.25) is 0 Å². The molecular formula is C15H19NO2.